The Morgan fingerprint density at radius 2 is 1.76 bits per heavy atom. The van der Waals surface area contributed by atoms with Crippen LogP contribution in [-0.4, -0.2) is 29.6 Å². The van der Waals surface area contributed by atoms with Crippen molar-refractivity contribution < 1.29 is 23.6 Å². The minimum Gasteiger partial charge on any atom is -0.488 e. The minimum absolute atomic E-state index is 0.125. The van der Waals surface area contributed by atoms with Crippen molar-refractivity contribution >= 4 is 30.5 Å². The largest absolute Gasteiger partial charge is 0.495 e. The third kappa shape index (κ3) is 5.64. The Bertz CT molecular complexity index is 1350. The number of carbonyl (C=O) groups excluding carboxylic acids is 1. The van der Waals surface area contributed by atoms with Gasteiger partial charge >= 0.3 is 7.12 Å². The first kappa shape index (κ1) is 26.7. The van der Waals surface area contributed by atoms with Gasteiger partial charge in [-0.3, -0.25) is 9.78 Å². The fourth-order valence-corrected chi connectivity index (χ4v) is 4.13. The Balaban J connectivity index is 1.51. The first-order chi connectivity index (χ1) is 17.5. The van der Waals surface area contributed by atoms with Crippen LogP contribution in [0.3, 0.4) is 0 Å². The zero-order valence-corrected chi connectivity index (χ0v) is 22.3. The Morgan fingerprint density at radius 1 is 1.05 bits per heavy atom. The van der Waals surface area contributed by atoms with Crippen LogP contribution >= 0.6 is 11.6 Å². The number of aromatic nitrogens is 1. The van der Waals surface area contributed by atoms with E-state index in [0.29, 0.717) is 39.5 Å². The van der Waals surface area contributed by atoms with Gasteiger partial charge in [0.05, 0.1) is 27.4 Å². The van der Waals surface area contributed by atoms with Gasteiger partial charge in [-0.15, -0.1) is 0 Å². The van der Waals surface area contributed by atoms with Crippen LogP contribution in [0.5, 0.6) is 11.5 Å². The molecule has 0 radical (unpaired) electrons. The van der Waals surface area contributed by atoms with Gasteiger partial charge in [-0.1, -0.05) is 29.8 Å². The second kappa shape index (κ2) is 10.5. The van der Waals surface area contributed by atoms with Crippen molar-refractivity contribution in [1.82, 2.24) is 4.98 Å². The number of ether oxygens (including phenoxy) is 2. The summed E-state index contributed by atoms with van der Waals surface area (Å²) in [6.45, 7) is 10.5. The molecule has 1 aromatic heterocycles. The lowest BCUT2D eigenvalue weighted by molar-refractivity contribution is 0.00578. The number of hydrogen-bond donors (Lipinski definition) is 0. The van der Waals surface area contributed by atoms with E-state index in [1.54, 1.807) is 18.3 Å². The predicted octanol–water partition coefficient (Wildman–Crippen LogP) is 5.18. The van der Waals surface area contributed by atoms with E-state index in [0.717, 1.165) is 16.6 Å². The lowest BCUT2D eigenvalue weighted by Crippen LogP contribution is -2.41. The first-order valence-electron chi connectivity index (χ1n) is 11.9. The third-order valence-corrected chi connectivity index (χ3v) is 7.18. The molecular weight excluding hydrogens is 491 g/mol. The Kier molecular flexibility index (Phi) is 7.60. The molecule has 2 aromatic carbocycles. The third-order valence-electron chi connectivity index (χ3n) is 6.89. The molecule has 9 heteroatoms. The number of benzene rings is 2. The molecule has 0 aliphatic carbocycles. The number of hydrogen-bond acceptors (Lipinski definition) is 7. The number of nitriles is 1. The minimum atomic E-state index is -0.477. The maximum atomic E-state index is 11.6. The average molecular weight is 519 g/mol. The van der Waals surface area contributed by atoms with Crippen molar-refractivity contribution in [3.63, 3.8) is 0 Å². The number of pyridine rings is 1. The molecule has 0 saturated carbocycles. The van der Waals surface area contributed by atoms with Crippen LogP contribution in [0, 0.1) is 18.3 Å². The molecule has 1 saturated heterocycles. The Labute approximate surface area is 222 Å². The topological polar surface area (TPSA) is 90.7 Å². The van der Waals surface area contributed by atoms with E-state index in [4.69, 9.17) is 35.6 Å². The van der Waals surface area contributed by atoms with Crippen LogP contribution < -0.4 is 14.9 Å². The molecule has 0 amide bonds. The van der Waals surface area contributed by atoms with E-state index in [2.05, 4.69) is 4.98 Å². The van der Waals surface area contributed by atoms with E-state index in [-0.39, 0.29) is 13.2 Å². The monoisotopic (exact) mass is 518 g/mol. The Hall–Kier alpha value is -3.38. The van der Waals surface area contributed by atoms with E-state index in [1.165, 1.54) is 12.3 Å². The summed E-state index contributed by atoms with van der Waals surface area (Å²) in [5, 5.41) is 9.37. The van der Waals surface area contributed by atoms with Crippen molar-refractivity contribution in [3.05, 3.63) is 81.6 Å². The fourth-order valence-electron chi connectivity index (χ4n) is 3.91. The van der Waals surface area contributed by atoms with Crippen molar-refractivity contribution in [2.75, 3.05) is 0 Å². The molecule has 37 heavy (non-hydrogen) atoms. The highest BCUT2D eigenvalue weighted by Gasteiger charge is 2.52. The number of nitrogens with zero attached hydrogens (tertiary/aromatic N) is 2. The standard InChI is InChI=1S/C28H28BClN2O5/c1-18-21(7-6-8-23(18)29-36-27(2,3)28(4,5)37-29)17-35-26-11-25(22(15-33)10-24(26)30)34-16-20-9-19(12-31)13-32-14-20/h6-11,13-15H,16-17H2,1-5H3. The summed E-state index contributed by atoms with van der Waals surface area (Å²) in [5.41, 5.74) is 3.44. The van der Waals surface area contributed by atoms with E-state index in [9.17, 15) is 4.79 Å². The summed E-state index contributed by atoms with van der Waals surface area (Å²) < 4.78 is 24.4. The summed E-state index contributed by atoms with van der Waals surface area (Å²) in [4.78, 5) is 15.7. The molecule has 0 N–H and O–H groups in total. The van der Waals surface area contributed by atoms with Crippen LogP contribution in [0.25, 0.3) is 0 Å². The highest BCUT2D eigenvalue weighted by Crippen LogP contribution is 2.37. The van der Waals surface area contributed by atoms with Gasteiger partial charge in [0, 0.05) is 24.0 Å². The SMILES string of the molecule is Cc1c(COc2cc(OCc3cncc(C#N)c3)c(C=O)cc2Cl)cccc1B1OC(C)(C)C(C)(C)O1. The maximum absolute atomic E-state index is 11.6. The molecular formula is C28H28BClN2O5. The van der Waals surface area contributed by atoms with Crippen LogP contribution in [0.2, 0.25) is 5.02 Å². The zero-order valence-electron chi connectivity index (χ0n) is 21.5. The van der Waals surface area contributed by atoms with Gasteiger partial charge in [0.1, 0.15) is 30.8 Å². The highest BCUT2D eigenvalue weighted by molar-refractivity contribution is 6.62. The number of carbonyl (C=O) groups is 1. The zero-order chi connectivity index (χ0) is 26.8. The first-order valence-corrected chi connectivity index (χ1v) is 12.2. The van der Waals surface area contributed by atoms with Gasteiger partial charge in [0.25, 0.3) is 0 Å². The molecule has 0 atom stereocenters. The van der Waals surface area contributed by atoms with Crippen LogP contribution in [0.1, 0.15) is 60.3 Å². The highest BCUT2D eigenvalue weighted by atomic mass is 35.5. The molecule has 190 valence electrons. The molecule has 3 aromatic rings. The molecule has 0 spiro atoms. The lowest BCUT2D eigenvalue weighted by Gasteiger charge is -2.32. The smallest absolute Gasteiger partial charge is 0.488 e. The van der Waals surface area contributed by atoms with Crippen molar-refractivity contribution in [3.8, 4) is 17.6 Å². The van der Waals surface area contributed by atoms with Gasteiger partial charge in [0.15, 0.2) is 6.29 Å². The predicted molar refractivity (Wildman–Crippen MR) is 141 cm³/mol. The number of rotatable bonds is 8. The fraction of sp³-hybridized carbons (Fsp3) is 0.321. The molecule has 1 aliphatic rings. The van der Waals surface area contributed by atoms with Gasteiger partial charge in [0.2, 0.25) is 0 Å². The molecule has 1 aliphatic heterocycles. The van der Waals surface area contributed by atoms with Gasteiger partial charge in [-0.25, -0.2) is 0 Å². The van der Waals surface area contributed by atoms with Gasteiger partial charge in [-0.2, -0.15) is 5.26 Å². The van der Waals surface area contributed by atoms with Crippen molar-refractivity contribution in [2.45, 2.75) is 59.0 Å². The maximum Gasteiger partial charge on any atom is 0.495 e. The van der Waals surface area contributed by atoms with Crippen molar-refractivity contribution in [1.29, 1.82) is 5.26 Å². The molecule has 1 fully saturated rings. The molecule has 7 nitrogen and oxygen atoms in total. The number of halogens is 1. The summed E-state index contributed by atoms with van der Waals surface area (Å²) in [6.07, 6.45) is 3.75. The quantitative estimate of drug-likeness (QED) is 0.299. The second-order valence-electron chi connectivity index (χ2n) is 9.93. The Morgan fingerprint density at radius 3 is 2.43 bits per heavy atom. The molecule has 0 unspecified atom stereocenters. The van der Waals surface area contributed by atoms with Gasteiger partial charge in [-0.05, 0) is 63.3 Å². The second-order valence-corrected chi connectivity index (χ2v) is 10.3. The van der Waals surface area contributed by atoms with Crippen LogP contribution in [0.4, 0.5) is 0 Å². The molecule has 0 bridgehead atoms. The average Bonchev–Trinajstić information content (AvgIpc) is 3.09. The van der Waals surface area contributed by atoms with Crippen LogP contribution in [-0.2, 0) is 22.5 Å². The van der Waals surface area contributed by atoms with E-state index < -0.39 is 18.3 Å². The van der Waals surface area contributed by atoms with Gasteiger partial charge < -0.3 is 18.8 Å². The van der Waals surface area contributed by atoms with E-state index in [1.807, 2.05) is 58.9 Å². The molecule has 4 rings (SSSR count). The summed E-state index contributed by atoms with van der Waals surface area (Å²) >= 11 is 6.42. The molecule has 2 heterocycles. The normalized spacial score (nSPS) is 15.8. The number of aldehydes is 1. The lowest BCUT2D eigenvalue weighted by atomic mass is 9.75. The summed E-state index contributed by atoms with van der Waals surface area (Å²) in [5.74, 6) is 0.700. The van der Waals surface area contributed by atoms with Crippen LogP contribution in [0.15, 0.2) is 48.8 Å². The van der Waals surface area contributed by atoms with E-state index >= 15 is 0 Å². The van der Waals surface area contributed by atoms with Crippen molar-refractivity contribution in [2.24, 2.45) is 0 Å². The summed E-state index contributed by atoms with van der Waals surface area (Å²) in [7, 11) is -0.477. The summed E-state index contributed by atoms with van der Waals surface area (Å²) in [6, 6.07) is 12.7.